The summed E-state index contributed by atoms with van der Waals surface area (Å²) in [5.74, 6) is 0.836. The van der Waals surface area contributed by atoms with E-state index < -0.39 is 0 Å². The molecule has 0 aliphatic heterocycles. The minimum atomic E-state index is 0.557. The molecule has 0 aliphatic rings. The maximum atomic E-state index is 5.88. The number of nitrogens with one attached hydrogen (secondary N) is 1. The van der Waals surface area contributed by atoms with Crippen molar-refractivity contribution >= 4 is 27.3 Å². The van der Waals surface area contributed by atoms with Crippen LogP contribution in [0.15, 0.2) is 58.4 Å². The van der Waals surface area contributed by atoms with E-state index in [4.69, 9.17) is 4.74 Å². The van der Waals surface area contributed by atoms with Crippen molar-refractivity contribution in [1.82, 2.24) is 10.3 Å². The molecule has 0 saturated carbocycles. The van der Waals surface area contributed by atoms with Crippen LogP contribution < -0.4 is 10.1 Å². The summed E-state index contributed by atoms with van der Waals surface area (Å²) in [7, 11) is 1.93. The number of thiazole rings is 1. The second-order valence-corrected chi connectivity index (χ2v) is 6.87. The number of benzene rings is 2. The number of nitrogens with zero attached hydrogens (tertiary/aromatic N) is 1. The first-order chi connectivity index (χ1) is 11.3. The summed E-state index contributed by atoms with van der Waals surface area (Å²) in [4.78, 5) is 4.63. The number of ether oxygens (including phenoxy) is 1. The van der Waals surface area contributed by atoms with Crippen LogP contribution in [-0.4, -0.2) is 12.0 Å². The van der Waals surface area contributed by atoms with Crippen LogP contribution in [0.5, 0.6) is 5.75 Å². The molecule has 5 heteroatoms. The Morgan fingerprint density at radius 3 is 2.74 bits per heavy atom. The van der Waals surface area contributed by atoms with Gasteiger partial charge in [0.05, 0.1) is 10.2 Å². The lowest BCUT2D eigenvalue weighted by Crippen LogP contribution is -2.04. The average molecular weight is 389 g/mol. The Bertz CT molecular complexity index is 774. The van der Waals surface area contributed by atoms with Crippen molar-refractivity contribution in [3.63, 3.8) is 0 Å². The fourth-order valence-corrected chi connectivity index (χ4v) is 3.50. The summed E-state index contributed by atoms with van der Waals surface area (Å²) in [6, 6.07) is 16.2. The topological polar surface area (TPSA) is 34.2 Å². The standard InChI is InChI=1S/C18H17BrN2OS/c1-20-10-18-21-16(12-23-18)14-7-8-17(15(19)9-14)22-11-13-5-3-2-4-6-13/h2-9,12,20H,10-11H2,1H3. The van der Waals surface area contributed by atoms with Crippen LogP contribution in [0.25, 0.3) is 11.3 Å². The van der Waals surface area contributed by atoms with E-state index in [-0.39, 0.29) is 0 Å². The molecule has 0 unspecified atom stereocenters. The maximum Gasteiger partial charge on any atom is 0.134 e. The van der Waals surface area contributed by atoms with Crippen molar-refractivity contribution in [3.8, 4) is 17.0 Å². The SMILES string of the molecule is CNCc1nc(-c2ccc(OCc3ccccc3)c(Br)c2)cs1. The summed E-state index contributed by atoms with van der Waals surface area (Å²) in [5, 5.41) is 6.29. The summed E-state index contributed by atoms with van der Waals surface area (Å²) in [6.45, 7) is 1.35. The van der Waals surface area contributed by atoms with Gasteiger partial charge in [0, 0.05) is 17.5 Å². The number of hydrogen-bond donors (Lipinski definition) is 1. The molecule has 3 rings (SSSR count). The molecular weight excluding hydrogens is 372 g/mol. The summed E-state index contributed by atoms with van der Waals surface area (Å²) < 4.78 is 6.82. The van der Waals surface area contributed by atoms with E-state index in [0.29, 0.717) is 6.61 Å². The molecule has 0 amide bonds. The van der Waals surface area contributed by atoms with Crippen molar-refractivity contribution in [2.45, 2.75) is 13.2 Å². The molecule has 2 aromatic carbocycles. The van der Waals surface area contributed by atoms with Gasteiger partial charge in [-0.15, -0.1) is 11.3 Å². The van der Waals surface area contributed by atoms with E-state index in [0.717, 1.165) is 38.6 Å². The Kier molecular flexibility index (Phi) is 5.43. The van der Waals surface area contributed by atoms with Crippen molar-refractivity contribution in [2.75, 3.05) is 7.05 Å². The molecule has 23 heavy (non-hydrogen) atoms. The molecule has 0 saturated heterocycles. The van der Waals surface area contributed by atoms with Gasteiger partial charge in [0.25, 0.3) is 0 Å². The molecule has 0 aliphatic carbocycles. The van der Waals surface area contributed by atoms with Crippen LogP contribution in [0.1, 0.15) is 10.6 Å². The molecule has 1 N–H and O–H groups in total. The van der Waals surface area contributed by atoms with Crippen LogP contribution in [0.3, 0.4) is 0 Å². The van der Waals surface area contributed by atoms with Gasteiger partial charge in [-0.3, -0.25) is 0 Å². The van der Waals surface area contributed by atoms with E-state index in [2.05, 4.69) is 49.8 Å². The monoisotopic (exact) mass is 388 g/mol. The van der Waals surface area contributed by atoms with Gasteiger partial charge >= 0.3 is 0 Å². The third kappa shape index (κ3) is 4.19. The Balaban J connectivity index is 1.72. The van der Waals surface area contributed by atoms with Gasteiger partial charge in [-0.05, 0) is 46.7 Å². The van der Waals surface area contributed by atoms with Crippen molar-refractivity contribution in [3.05, 3.63) is 69.0 Å². The quantitative estimate of drug-likeness (QED) is 0.653. The predicted molar refractivity (Wildman–Crippen MR) is 98.8 cm³/mol. The van der Waals surface area contributed by atoms with Gasteiger partial charge in [-0.25, -0.2) is 4.98 Å². The molecule has 0 atom stereocenters. The zero-order chi connectivity index (χ0) is 16.1. The van der Waals surface area contributed by atoms with Crippen LogP contribution in [0.4, 0.5) is 0 Å². The Morgan fingerprint density at radius 2 is 2.00 bits per heavy atom. The molecule has 0 bridgehead atoms. The zero-order valence-corrected chi connectivity index (χ0v) is 15.2. The molecule has 1 heterocycles. The Hall–Kier alpha value is -1.69. The van der Waals surface area contributed by atoms with Crippen LogP contribution in [0.2, 0.25) is 0 Å². The second-order valence-electron chi connectivity index (χ2n) is 5.08. The fraction of sp³-hybridized carbons (Fsp3) is 0.167. The van der Waals surface area contributed by atoms with Crippen molar-refractivity contribution < 1.29 is 4.74 Å². The lowest BCUT2D eigenvalue weighted by Gasteiger charge is -2.09. The normalized spacial score (nSPS) is 10.7. The molecule has 3 nitrogen and oxygen atoms in total. The van der Waals surface area contributed by atoms with E-state index in [1.54, 1.807) is 11.3 Å². The largest absolute Gasteiger partial charge is 0.488 e. The highest BCUT2D eigenvalue weighted by atomic mass is 79.9. The second kappa shape index (κ2) is 7.73. The zero-order valence-electron chi connectivity index (χ0n) is 12.8. The minimum Gasteiger partial charge on any atom is -0.488 e. The van der Waals surface area contributed by atoms with Crippen LogP contribution >= 0.6 is 27.3 Å². The lowest BCUT2D eigenvalue weighted by molar-refractivity contribution is 0.304. The van der Waals surface area contributed by atoms with Gasteiger partial charge in [-0.2, -0.15) is 0 Å². The van der Waals surface area contributed by atoms with E-state index in [1.165, 1.54) is 0 Å². The van der Waals surface area contributed by atoms with Crippen LogP contribution in [-0.2, 0) is 13.2 Å². The molecule has 1 aromatic heterocycles. The number of hydrogen-bond acceptors (Lipinski definition) is 4. The third-order valence-corrected chi connectivity index (χ3v) is 4.81. The maximum absolute atomic E-state index is 5.88. The predicted octanol–water partition coefficient (Wildman–Crippen LogP) is 4.87. The smallest absolute Gasteiger partial charge is 0.134 e. The molecule has 0 spiro atoms. The highest BCUT2D eigenvalue weighted by molar-refractivity contribution is 9.10. The Morgan fingerprint density at radius 1 is 1.17 bits per heavy atom. The highest BCUT2D eigenvalue weighted by Gasteiger charge is 2.08. The summed E-state index contributed by atoms with van der Waals surface area (Å²) in [6.07, 6.45) is 0. The molecule has 0 fully saturated rings. The van der Waals surface area contributed by atoms with Crippen molar-refractivity contribution in [1.29, 1.82) is 0 Å². The molecule has 118 valence electrons. The van der Waals surface area contributed by atoms with E-state index in [9.17, 15) is 0 Å². The Labute approximate surface area is 148 Å². The molecular formula is C18H17BrN2OS. The first-order valence-corrected chi connectivity index (χ1v) is 8.99. The lowest BCUT2D eigenvalue weighted by atomic mass is 10.1. The molecule has 3 aromatic rings. The third-order valence-electron chi connectivity index (χ3n) is 3.34. The van der Waals surface area contributed by atoms with Crippen LogP contribution in [0, 0.1) is 0 Å². The number of halogens is 1. The first kappa shape index (κ1) is 16.2. The van der Waals surface area contributed by atoms with E-state index in [1.807, 2.05) is 37.4 Å². The van der Waals surface area contributed by atoms with Gasteiger partial charge in [-0.1, -0.05) is 30.3 Å². The number of aromatic nitrogens is 1. The van der Waals surface area contributed by atoms with Gasteiger partial charge in [0.1, 0.15) is 17.4 Å². The number of rotatable bonds is 6. The van der Waals surface area contributed by atoms with Crippen molar-refractivity contribution in [2.24, 2.45) is 0 Å². The van der Waals surface area contributed by atoms with Gasteiger partial charge in [0.2, 0.25) is 0 Å². The van der Waals surface area contributed by atoms with E-state index >= 15 is 0 Å². The average Bonchev–Trinajstić information content (AvgIpc) is 3.04. The minimum absolute atomic E-state index is 0.557. The fourth-order valence-electron chi connectivity index (χ4n) is 2.19. The van der Waals surface area contributed by atoms with Gasteiger partial charge < -0.3 is 10.1 Å². The summed E-state index contributed by atoms with van der Waals surface area (Å²) in [5.41, 5.74) is 3.23. The first-order valence-electron chi connectivity index (χ1n) is 7.32. The molecule has 0 radical (unpaired) electrons. The highest BCUT2D eigenvalue weighted by Crippen LogP contribution is 2.31. The summed E-state index contributed by atoms with van der Waals surface area (Å²) >= 11 is 5.26. The van der Waals surface area contributed by atoms with Gasteiger partial charge in [0.15, 0.2) is 0 Å².